The predicted molar refractivity (Wildman–Crippen MR) is 86.5 cm³/mol. The van der Waals surface area contributed by atoms with Crippen LogP contribution in [-0.4, -0.2) is 18.6 Å². The Morgan fingerprint density at radius 1 is 1.23 bits per heavy atom. The number of halogens is 1. The first-order chi connectivity index (χ1) is 10.7. The van der Waals surface area contributed by atoms with Crippen molar-refractivity contribution in [3.8, 4) is 5.75 Å². The van der Waals surface area contributed by atoms with Crippen LogP contribution in [0.4, 0.5) is 4.39 Å². The summed E-state index contributed by atoms with van der Waals surface area (Å²) in [5, 5.41) is 0. The highest BCUT2D eigenvalue weighted by Crippen LogP contribution is 2.35. The molecule has 0 N–H and O–H groups in total. The average molecular weight is 299 g/mol. The van der Waals surface area contributed by atoms with Crippen molar-refractivity contribution in [2.45, 2.75) is 32.4 Å². The quantitative estimate of drug-likeness (QED) is 0.832. The molecule has 3 rings (SSSR count). The van der Waals surface area contributed by atoms with Gasteiger partial charge in [-0.2, -0.15) is 0 Å². The molecule has 1 atom stereocenters. The zero-order valence-corrected chi connectivity index (χ0v) is 13.2. The van der Waals surface area contributed by atoms with Crippen LogP contribution in [0.2, 0.25) is 0 Å². The third-order valence-corrected chi connectivity index (χ3v) is 4.54. The van der Waals surface area contributed by atoms with Crippen molar-refractivity contribution < 1.29 is 9.13 Å². The predicted octanol–water partition coefficient (Wildman–Crippen LogP) is 4.34. The summed E-state index contributed by atoms with van der Waals surface area (Å²) in [5.74, 6) is 0.800. The number of ether oxygens (including phenoxy) is 1. The van der Waals surface area contributed by atoms with E-state index < -0.39 is 0 Å². The highest BCUT2D eigenvalue weighted by Gasteiger charge is 2.26. The van der Waals surface area contributed by atoms with Gasteiger partial charge in [-0.3, -0.25) is 4.90 Å². The average Bonchev–Trinajstić information content (AvgIpc) is 2.56. The van der Waals surface area contributed by atoms with Gasteiger partial charge in [-0.05, 0) is 42.2 Å². The second-order valence-electron chi connectivity index (χ2n) is 5.80. The molecule has 0 aliphatic carbocycles. The van der Waals surface area contributed by atoms with Gasteiger partial charge in [-0.15, -0.1) is 0 Å². The van der Waals surface area contributed by atoms with Gasteiger partial charge in [0.2, 0.25) is 0 Å². The van der Waals surface area contributed by atoms with Crippen molar-refractivity contribution in [1.29, 1.82) is 0 Å². The number of methoxy groups -OCH3 is 1. The molecule has 22 heavy (non-hydrogen) atoms. The van der Waals surface area contributed by atoms with Gasteiger partial charge in [0.05, 0.1) is 7.11 Å². The molecule has 3 heteroatoms. The first kappa shape index (κ1) is 15.0. The first-order valence-electron chi connectivity index (χ1n) is 7.87. The molecule has 1 unspecified atom stereocenters. The van der Waals surface area contributed by atoms with Gasteiger partial charge >= 0.3 is 0 Å². The molecule has 0 amide bonds. The lowest BCUT2D eigenvalue weighted by atomic mass is 9.90. The van der Waals surface area contributed by atoms with Gasteiger partial charge in [0.25, 0.3) is 0 Å². The summed E-state index contributed by atoms with van der Waals surface area (Å²) >= 11 is 0. The molecule has 1 heterocycles. The van der Waals surface area contributed by atoms with Crippen LogP contribution in [0.25, 0.3) is 0 Å². The highest BCUT2D eigenvalue weighted by molar-refractivity contribution is 5.39. The lowest BCUT2D eigenvalue weighted by molar-refractivity contribution is 0.169. The van der Waals surface area contributed by atoms with Gasteiger partial charge in [0.15, 0.2) is 0 Å². The van der Waals surface area contributed by atoms with E-state index >= 15 is 0 Å². The van der Waals surface area contributed by atoms with Crippen LogP contribution >= 0.6 is 0 Å². The topological polar surface area (TPSA) is 12.5 Å². The van der Waals surface area contributed by atoms with Crippen LogP contribution in [0.1, 0.15) is 36.1 Å². The van der Waals surface area contributed by atoms with E-state index in [0.717, 1.165) is 30.7 Å². The van der Waals surface area contributed by atoms with Crippen LogP contribution in [0.15, 0.2) is 42.5 Å². The number of nitrogens with zero attached hydrogens (tertiary/aromatic N) is 1. The van der Waals surface area contributed by atoms with Gasteiger partial charge in [-0.1, -0.05) is 31.2 Å². The van der Waals surface area contributed by atoms with Gasteiger partial charge < -0.3 is 4.74 Å². The number of hydrogen-bond acceptors (Lipinski definition) is 2. The Hall–Kier alpha value is -1.87. The Morgan fingerprint density at radius 2 is 2.05 bits per heavy atom. The van der Waals surface area contributed by atoms with E-state index in [0.29, 0.717) is 12.6 Å². The van der Waals surface area contributed by atoms with Crippen molar-refractivity contribution in [3.05, 3.63) is 65.0 Å². The van der Waals surface area contributed by atoms with E-state index in [4.69, 9.17) is 4.74 Å². The molecule has 0 fully saturated rings. The van der Waals surface area contributed by atoms with Gasteiger partial charge in [-0.25, -0.2) is 4.39 Å². The summed E-state index contributed by atoms with van der Waals surface area (Å²) in [6, 6.07) is 13.7. The number of hydrogen-bond donors (Lipinski definition) is 0. The zero-order valence-electron chi connectivity index (χ0n) is 13.2. The maximum atomic E-state index is 13.9. The van der Waals surface area contributed by atoms with Gasteiger partial charge in [0, 0.05) is 24.7 Å². The molecule has 0 spiro atoms. The third kappa shape index (κ3) is 2.86. The van der Waals surface area contributed by atoms with Crippen LogP contribution in [-0.2, 0) is 13.0 Å². The monoisotopic (exact) mass is 299 g/mol. The lowest BCUT2D eigenvalue weighted by Crippen LogP contribution is -2.35. The summed E-state index contributed by atoms with van der Waals surface area (Å²) in [6.07, 6.45) is 2.01. The molecule has 0 radical (unpaired) electrons. The number of rotatable bonds is 4. The summed E-state index contributed by atoms with van der Waals surface area (Å²) in [7, 11) is 1.70. The Balaban J connectivity index is 1.86. The van der Waals surface area contributed by atoms with Crippen LogP contribution in [0, 0.1) is 5.82 Å². The molecule has 0 saturated heterocycles. The van der Waals surface area contributed by atoms with Gasteiger partial charge in [0.1, 0.15) is 11.6 Å². The Labute approximate surface area is 131 Å². The first-order valence-corrected chi connectivity index (χ1v) is 7.87. The van der Waals surface area contributed by atoms with Crippen LogP contribution in [0.5, 0.6) is 5.75 Å². The van der Waals surface area contributed by atoms with E-state index in [2.05, 4.69) is 24.0 Å². The Kier molecular flexibility index (Phi) is 4.44. The third-order valence-electron chi connectivity index (χ3n) is 4.54. The molecular weight excluding hydrogens is 277 g/mol. The Morgan fingerprint density at radius 3 is 2.77 bits per heavy atom. The Bertz CT molecular complexity index is 656. The summed E-state index contributed by atoms with van der Waals surface area (Å²) in [6.45, 7) is 3.81. The molecule has 2 nitrogen and oxygen atoms in total. The van der Waals surface area contributed by atoms with E-state index in [1.165, 1.54) is 11.1 Å². The fraction of sp³-hybridized carbons (Fsp3) is 0.368. The second-order valence-corrected chi connectivity index (χ2v) is 5.80. The molecular formula is C19H22FNO. The van der Waals surface area contributed by atoms with Crippen LogP contribution in [0.3, 0.4) is 0 Å². The SMILES string of the molecule is CCC1c2ccc(OC)cc2CCN1Cc1ccccc1F. The minimum Gasteiger partial charge on any atom is -0.497 e. The van der Waals surface area contributed by atoms with Crippen molar-refractivity contribution >= 4 is 0 Å². The van der Waals surface area contributed by atoms with Crippen molar-refractivity contribution in [3.63, 3.8) is 0 Å². The fourth-order valence-corrected chi connectivity index (χ4v) is 3.38. The minimum absolute atomic E-state index is 0.113. The summed E-state index contributed by atoms with van der Waals surface area (Å²) in [5.41, 5.74) is 3.49. The van der Waals surface area contributed by atoms with E-state index in [-0.39, 0.29) is 5.82 Å². The molecule has 116 valence electrons. The van der Waals surface area contributed by atoms with Crippen LogP contribution < -0.4 is 4.74 Å². The van der Waals surface area contributed by atoms with Crippen molar-refractivity contribution in [2.24, 2.45) is 0 Å². The van der Waals surface area contributed by atoms with E-state index in [9.17, 15) is 4.39 Å². The minimum atomic E-state index is -0.113. The standard InChI is InChI=1S/C19H22FNO/c1-3-19-17-9-8-16(22-2)12-14(17)10-11-21(19)13-15-6-4-5-7-18(15)20/h4-9,12,19H,3,10-11,13H2,1-2H3. The maximum absolute atomic E-state index is 13.9. The molecule has 2 aromatic rings. The van der Waals surface area contributed by atoms with E-state index in [1.54, 1.807) is 19.2 Å². The molecule has 1 aliphatic rings. The molecule has 2 aromatic carbocycles. The normalized spacial score (nSPS) is 18.0. The molecule has 1 aliphatic heterocycles. The number of benzene rings is 2. The number of fused-ring (bicyclic) bond motifs is 1. The van der Waals surface area contributed by atoms with Crippen molar-refractivity contribution in [1.82, 2.24) is 4.90 Å². The lowest BCUT2D eigenvalue weighted by Gasteiger charge is -2.37. The molecule has 0 saturated carbocycles. The maximum Gasteiger partial charge on any atom is 0.127 e. The summed E-state index contributed by atoms with van der Waals surface area (Å²) < 4.78 is 19.3. The summed E-state index contributed by atoms with van der Waals surface area (Å²) in [4.78, 5) is 2.38. The smallest absolute Gasteiger partial charge is 0.127 e. The fourth-order valence-electron chi connectivity index (χ4n) is 3.38. The largest absolute Gasteiger partial charge is 0.497 e. The molecule has 0 bridgehead atoms. The highest BCUT2D eigenvalue weighted by atomic mass is 19.1. The molecule has 0 aromatic heterocycles. The zero-order chi connectivity index (χ0) is 15.5. The second kappa shape index (κ2) is 6.49. The van der Waals surface area contributed by atoms with Crippen molar-refractivity contribution in [2.75, 3.05) is 13.7 Å². The van der Waals surface area contributed by atoms with E-state index in [1.807, 2.05) is 18.2 Å².